The minimum absolute atomic E-state index is 1.02. The standard InChI is InChI=1S/C26H20N2/c1-18-8-7-17-27-26(18)25-22-13-5-3-10-20(22)15-16-24(25)28-23-14-6-11-19-9-2-4-12-21(19)23/h2-17,28H,1H3. The van der Waals surface area contributed by atoms with Crippen LogP contribution in [0.2, 0.25) is 0 Å². The molecule has 5 aromatic rings. The zero-order chi connectivity index (χ0) is 18.9. The van der Waals surface area contributed by atoms with Gasteiger partial charge in [0.15, 0.2) is 0 Å². The topological polar surface area (TPSA) is 24.9 Å². The van der Waals surface area contributed by atoms with E-state index < -0.39 is 0 Å². The van der Waals surface area contributed by atoms with Crippen LogP contribution in [-0.2, 0) is 0 Å². The summed E-state index contributed by atoms with van der Waals surface area (Å²) in [5.41, 5.74) is 5.49. The molecule has 0 fully saturated rings. The summed E-state index contributed by atoms with van der Waals surface area (Å²) in [5, 5.41) is 8.55. The molecule has 0 spiro atoms. The number of benzene rings is 4. The Kier molecular flexibility index (Phi) is 4.02. The van der Waals surface area contributed by atoms with Crippen LogP contribution in [0, 0.1) is 6.92 Å². The third kappa shape index (κ3) is 2.80. The summed E-state index contributed by atoms with van der Waals surface area (Å²) < 4.78 is 0. The van der Waals surface area contributed by atoms with Gasteiger partial charge in [0.25, 0.3) is 0 Å². The molecule has 0 bridgehead atoms. The molecule has 28 heavy (non-hydrogen) atoms. The van der Waals surface area contributed by atoms with Gasteiger partial charge in [-0.2, -0.15) is 0 Å². The number of aromatic nitrogens is 1. The first kappa shape index (κ1) is 16.5. The van der Waals surface area contributed by atoms with Crippen molar-refractivity contribution in [2.75, 3.05) is 5.32 Å². The first-order chi connectivity index (χ1) is 13.8. The van der Waals surface area contributed by atoms with Crippen LogP contribution in [0.5, 0.6) is 0 Å². The van der Waals surface area contributed by atoms with Crippen LogP contribution < -0.4 is 5.32 Å². The van der Waals surface area contributed by atoms with Gasteiger partial charge in [-0.15, -0.1) is 0 Å². The molecule has 1 heterocycles. The maximum Gasteiger partial charge on any atom is 0.0758 e. The Balaban J connectivity index is 1.76. The van der Waals surface area contributed by atoms with Gasteiger partial charge in [0.1, 0.15) is 0 Å². The molecule has 0 aliphatic carbocycles. The smallest absolute Gasteiger partial charge is 0.0758 e. The fraction of sp³-hybridized carbons (Fsp3) is 0.0385. The van der Waals surface area contributed by atoms with Gasteiger partial charge in [0.2, 0.25) is 0 Å². The summed E-state index contributed by atoms with van der Waals surface area (Å²) in [6.45, 7) is 2.12. The normalized spacial score (nSPS) is 11.0. The lowest BCUT2D eigenvalue weighted by Crippen LogP contribution is -1.98. The van der Waals surface area contributed by atoms with Crippen molar-refractivity contribution < 1.29 is 0 Å². The van der Waals surface area contributed by atoms with Gasteiger partial charge in [-0.1, -0.05) is 72.8 Å². The molecule has 0 aliphatic heterocycles. The van der Waals surface area contributed by atoms with Crippen LogP contribution in [0.25, 0.3) is 32.8 Å². The van der Waals surface area contributed by atoms with Crippen LogP contribution in [0.15, 0.2) is 97.2 Å². The Labute approximate surface area is 164 Å². The third-order valence-corrected chi connectivity index (χ3v) is 5.23. The molecule has 0 saturated heterocycles. The van der Waals surface area contributed by atoms with E-state index in [1.807, 2.05) is 12.3 Å². The van der Waals surface area contributed by atoms with Crippen LogP contribution in [0.1, 0.15) is 5.56 Å². The van der Waals surface area contributed by atoms with Crippen molar-refractivity contribution in [1.82, 2.24) is 4.98 Å². The number of hydrogen-bond donors (Lipinski definition) is 1. The van der Waals surface area contributed by atoms with Crippen LogP contribution in [0.4, 0.5) is 11.4 Å². The van der Waals surface area contributed by atoms with Gasteiger partial charge >= 0.3 is 0 Å². The molecule has 5 rings (SSSR count). The third-order valence-electron chi connectivity index (χ3n) is 5.23. The average molecular weight is 360 g/mol. The molecule has 0 unspecified atom stereocenters. The molecule has 134 valence electrons. The van der Waals surface area contributed by atoms with Crippen LogP contribution in [-0.4, -0.2) is 4.98 Å². The van der Waals surface area contributed by atoms with Crippen molar-refractivity contribution in [3.8, 4) is 11.3 Å². The van der Waals surface area contributed by atoms with Crippen molar-refractivity contribution in [3.05, 3.63) is 103 Å². The summed E-state index contributed by atoms with van der Waals surface area (Å²) in [6.07, 6.45) is 1.87. The van der Waals surface area contributed by atoms with Crippen molar-refractivity contribution >= 4 is 32.9 Å². The lowest BCUT2D eigenvalue weighted by Gasteiger charge is -2.17. The second kappa shape index (κ2) is 6.82. The number of aryl methyl sites for hydroxylation is 1. The van der Waals surface area contributed by atoms with Crippen molar-refractivity contribution in [2.24, 2.45) is 0 Å². The Morgan fingerprint density at radius 3 is 2.14 bits per heavy atom. The number of hydrogen-bond acceptors (Lipinski definition) is 2. The highest BCUT2D eigenvalue weighted by Crippen LogP contribution is 2.38. The molecule has 0 atom stereocenters. The summed E-state index contributed by atoms with van der Waals surface area (Å²) in [4.78, 5) is 4.72. The van der Waals surface area contributed by atoms with Crippen molar-refractivity contribution in [1.29, 1.82) is 0 Å². The van der Waals surface area contributed by atoms with Gasteiger partial charge < -0.3 is 5.32 Å². The SMILES string of the molecule is Cc1cccnc1-c1c(Nc2cccc3ccccc23)ccc2ccccc12. The Hall–Kier alpha value is -3.65. The maximum absolute atomic E-state index is 4.72. The van der Waals surface area contributed by atoms with Crippen molar-refractivity contribution in [3.63, 3.8) is 0 Å². The van der Waals surface area contributed by atoms with Gasteiger partial charge in [-0.25, -0.2) is 0 Å². The van der Waals surface area contributed by atoms with E-state index in [1.165, 1.54) is 27.1 Å². The highest BCUT2D eigenvalue weighted by molar-refractivity contribution is 6.05. The Morgan fingerprint density at radius 2 is 1.32 bits per heavy atom. The Bertz CT molecular complexity index is 1300. The molecule has 0 saturated carbocycles. The highest BCUT2D eigenvalue weighted by Gasteiger charge is 2.14. The van der Waals surface area contributed by atoms with E-state index in [4.69, 9.17) is 4.98 Å². The van der Waals surface area contributed by atoms with E-state index in [0.29, 0.717) is 0 Å². The fourth-order valence-electron chi connectivity index (χ4n) is 3.86. The maximum atomic E-state index is 4.72. The van der Waals surface area contributed by atoms with Gasteiger partial charge in [-0.3, -0.25) is 4.98 Å². The molecule has 0 aliphatic rings. The van der Waals surface area contributed by atoms with E-state index in [2.05, 4.69) is 97.2 Å². The molecule has 1 N–H and O–H groups in total. The highest BCUT2D eigenvalue weighted by atomic mass is 14.9. The molecule has 2 heteroatoms. The number of fused-ring (bicyclic) bond motifs is 2. The van der Waals surface area contributed by atoms with E-state index in [0.717, 1.165) is 22.6 Å². The summed E-state index contributed by atoms with van der Waals surface area (Å²) in [5.74, 6) is 0. The lowest BCUT2D eigenvalue weighted by atomic mass is 9.97. The second-order valence-corrected chi connectivity index (χ2v) is 7.03. The quantitative estimate of drug-likeness (QED) is 0.371. The molecule has 2 nitrogen and oxygen atoms in total. The molecular weight excluding hydrogens is 340 g/mol. The molecule has 1 aromatic heterocycles. The lowest BCUT2D eigenvalue weighted by molar-refractivity contribution is 1.27. The number of pyridine rings is 1. The predicted octanol–water partition coefficient (Wildman–Crippen LogP) is 7.11. The first-order valence-corrected chi connectivity index (χ1v) is 9.50. The van der Waals surface area contributed by atoms with E-state index in [1.54, 1.807) is 0 Å². The van der Waals surface area contributed by atoms with Gasteiger partial charge in [-0.05, 0) is 46.8 Å². The Morgan fingerprint density at radius 1 is 0.607 bits per heavy atom. The largest absolute Gasteiger partial charge is 0.354 e. The predicted molar refractivity (Wildman–Crippen MR) is 119 cm³/mol. The van der Waals surface area contributed by atoms with E-state index in [9.17, 15) is 0 Å². The van der Waals surface area contributed by atoms with Gasteiger partial charge in [0.05, 0.1) is 5.69 Å². The fourth-order valence-corrected chi connectivity index (χ4v) is 3.86. The molecule has 0 radical (unpaired) electrons. The monoisotopic (exact) mass is 360 g/mol. The average Bonchev–Trinajstić information content (AvgIpc) is 2.75. The molecule has 4 aromatic carbocycles. The van der Waals surface area contributed by atoms with E-state index in [-0.39, 0.29) is 0 Å². The first-order valence-electron chi connectivity index (χ1n) is 9.50. The van der Waals surface area contributed by atoms with Crippen molar-refractivity contribution in [2.45, 2.75) is 6.92 Å². The molecule has 0 amide bonds. The van der Waals surface area contributed by atoms with Gasteiger partial charge in [0, 0.05) is 28.5 Å². The zero-order valence-corrected chi connectivity index (χ0v) is 15.7. The minimum atomic E-state index is 1.02. The second-order valence-electron chi connectivity index (χ2n) is 7.03. The zero-order valence-electron chi connectivity index (χ0n) is 15.7. The summed E-state index contributed by atoms with van der Waals surface area (Å²) >= 11 is 0. The summed E-state index contributed by atoms with van der Waals surface area (Å²) in [7, 11) is 0. The molecular formula is C26H20N2. The number of anilines is 2. The minimum Gasteiger partial charge on any atom is -0.354 e. The summed E-state index contributed by atoms with van der Waals surface area (Å²) in [6, 6.07) is 31.8. The number of nitrogens with zero attached hydrogens (tertiary/aromatic N) is 1. The van der Waals surface area contributed by atoms with Crippen LogP contribution >= 0.6 is 0 Å². The number of nitrogens with one attached hydrogen (secondary N) is 1. The van der Waals surface area contributed by atoms with Crippen LogP contribution in [0.3, 0.4) is 0 Å². The number of rotatable bonds is 3. The van der Waals surface area contributed by atoms with E-state index >= 15 is 0 Å².